The van der Waals surface area contributed by atoms with Crippen LogP contribution in [0.3, 0.4) is 0 Å². The highest BCUT2D eigenvalue weighted by Crippen LogP contribution is 2.27. The maximum atomic E-state index is 12.1. The van der Waals surface area contributed by atoms with Gasteiger partial charge in [-0.15, -0.1) is 11.3 Å². The number of carboxylic acids is 1. The molecule has 0 bridgehead atoms. The molecule has 2 aromatic rings. The van der Waals surface area contributed by atoms with Crippen molar-refractivity contribution in [3.05, 3.63) is 54.7 Å². The summed E-state index contributed by atoms with van der Waals surface area (Å²) < 4.78 is 0.562. The van der Waals surface area contributed by atoms with E-state index in [-0.39, 0.29) is 16.9 Å². The number of aromatic carboxylic acids is 1. The number of benzene rings is 1. The van der Waals surface area contributed by atoms with Crippen LogP contribution in [0.1, 0.15) is 20.0 Å². The van der Waals surface area contributed by atoms with E-state index >= 15 is 0 Å². The first kappa shape index (κ1) is 15.1. The van der Waals surface area contributed by atoms with Crippen LogP contribution in [0.4, 0.5) is 11.4 Å². The van der Waals surface area contributed by atoms with Gasteiger partial charge < -0.3 is 10.4 Å². The second kappa shape index (κ2) is 6.02. The number of carbonyl (C=O) groups is 2. The van der Waals surface area contributed by atoms with Gasteiger partial charge in [0.2, 0.25) is 0 Å². The van der Waals surface area contributed by atoms with Gasteiger partial charge in [-0.1, -0.05) is 0 Å². The van der Waals surface area contributed by atoms with E-state index in [0.717, 1.165) is 29.5 Å². The van der Waals surface area contributed by atoms with Crippen LogP contribution in [0, 0.1) is 10.1 Å². The molecule has 108 valence electrons. The summed E-state index contributed by atoms with van der Waals surface area (Å²) in [5.74, 6) is -1.83. The quantitative estimate of drug-likeness (QED) is 0.633. The molecule has 1 aromatic heterocycles. The molecule has 1 heterocycles. The fourth-order valence-corrected chi connectivity index (χ4v) is 3.02. The van der Waals surface area contributed by atoms with Crippen LogP contribution in [-0.2, 0) is 0 Å². The molecule has 0 saturated heterocycles. The van der Waals surface area contributed by atoms with Crippen molar-refractivity contribution in [1.82, 2.24) is 0 Å². The van der Waals surface area contributed by atoms with E-state index in [1.807, 2.05) is 0 Å². The van der Waals surface area contributed by atoms with Crippen LogP contribution < -0.4 is 5.32 Å². The number of rotatable bonds is 4. The van der Waals surface area contributed by atoms with Crippen LogP contribution in [-0.4, -0.2) is 21.9 Å². The van der Waals surface area contributed by atoms with E-state index in [0.29, 0.717) is 9.35 Å². The summed E-state index contributed by atoms with van der Waals surface area (Å²) in [4.78, 5) is 33.6. The molecule has 0 saturated carbocycles. The Bertz CT molecular complexity index is 743. The summed E-state index contributed by atoms with van der Waals surface area (Å²) in [7, 11) is 0. The van der Waals surface area contributed by atoms with Gasteiger partial charge in [-0.3, -0.25) is 14.9 Å². The van der Waals surface area contributed by atoms with E-state index in [2.05, 4.69) is 21.2 Å². The third-order valence-corrected chi connectivity index (χ3v) is 4.35. The Morgan fingerprint density at radius 2 is 2.05 bits per heavy atom. The molecular weight excluding hydrogens is 364 g/mol. The molecular formula is C12H7BrN2O5S. The molecule has 0 aliphatic heterocycles. The van der Waals surface area contributed by atoms with Crippen molar-refractivity contribution >= 4 is 50.5 Å². The molecule has 0 aliphatic carbocycles. The van der Waals surface area contributed by atoms with E-state index in [1.54, 1.807) is 11.4 Å². The van der Waals surface area contributed by atoms with Crippen molar-refractivity contribution < 1.29 is 19.6 Å². The molecule has 0 aliphatic rings. The molecule has 2 N–H and O–H groups in total. The molecule has 2 rings (SSSR count). The van der Waals surface area contributed by atoms with Gasteiger partial charge >= 0.3 is 5.97 Å². The predicted molar refractivity (Wildman–Crippen MR) is 80.0 cm³/mol. The molecule has 0 spiro atoms. The fraction of sp³-hybridized carbons (Fsp3) is 0. The van der Waals surface area contributed by atoms with Crippen LogP contribution in [0.25, 0.3) is 0 Å². The van der Waals surface area contributed by atoms with Crippen molar-refractivity contribution in [2.75, 3.05) is 5.32 Å². The van der Waals surface area contributed by atoms with E-state index in [1.165, 1.54) is 0 Å². The van der Waals surface area contributed by atoms with Crippen LogP contribution in [0.2, 0.25) is 0 Å². The summed E-state index contributed by atoms with van der Waals surface area (Å²) in [6, 6.07) is 4.84. The maximum absolute atomic E-state index is 12.1. The Kier molecular flexibility index (Phi) is 4.34. The van der Waals surface area contributed by atoms with Gasteiger partial charge in [-0.05, 0) is 33.4 Å². The third-order valence-electron chi connectivity index (χ3n) is 2.52. The normalized spacial score (nSPS) is 10.1. The van der Waals surface area contributed by atoms with Gasteiger partial charge in [0.15, 0.2) is 0 Å². The molecule has 9 heteroatoms. The summed E-state index contributed by atoms with van der Waals surface area (Å²) in [6.07, 6.45) is 0. The third kappa shape index (κ3) is 3.26. The fourth-order valence-electron chi connectivity index (χ4n) is 1.57. The Balaban J connectivity index is 2.39. The smallest absolute Gasteiger partial charge is 0.337 e. The Labute approximate surface area is 130 Å². The predicted octanol–water partition coefficient (Wildman–Crippen LogP) is 3.37. The van der Waals surface area contributed by atoms with Crippen molar-refractivity contribution in [3.8, 4) is 0 Å². The number of hydrogen-bond acceptors (Lipinski definition) is 5. The number of anilines is 1. The number of carbonyl (C=O) groups excluding carboxylic acids is 1. The highest BCUT2D eigenvalue weighted by molar-refractivity contribution is 9.10. The molecule has 0 atom stereocenters. The van der Waals surface area contributed by atoms with E-state index in [4.69, 9.17) is 5.11 Å². The van der Waals surface area contributed by atoms with Crippen molar-refractivity contribution in [3.63, 3.8) is 0 Å². The molecule has 1 amide bonds. The van der Waals surface area contributed by atoms with Crippen LogP contribution >= 0.6 is 27.3 Å². The van der Waals surface area contributed by atoms with Gasteiger partial charge in [-0.2, -0.15) is 0 Å². The lowest BCUT2D eigenvalue weighted by molar-refractivity contribution is -0.384. The first-order valence-electron chi connectivity index (χ1n) is 5.46. The lowest BCUT2D eigenvalue weighted by Crippen LogP contribution is -2.14. The topological polar surface area (TPSA) is 110 Å². The number of halogens is 1. The Hall–Kier alpha value is -2.26. The lowest BCUT2D eigenvalue weighted by Gasteiger charge is -2.07. The number of carboxylic acid groups (broad SMARTS) is 1. The first-order chi connectivity index (χ1) is 9.90. The standard InChI is InChI=1S/C12H7BrN2O5S/c13-8-3-4-21-10(8)11(16)14-9-5-6(15(19)20)1-2-7(9)12(17)18/h1-5H,(H,14,16)(H,17,18). The SMILES string of the molecule is O=C(O)c1ccc([N+](=O)[O-])cc1NC(=O)c1sccc1Br. The summed E-state index contributed by atoms with van der Waals surface area (Å²) in [5, 5.41) is 23.9. The average Bonchev–Trinajstić information content (AvgIpc) is 2.84. The molecule has 1 aromatic carbocycles. The number of non-ortho nitro benzene ring substituents is 1. The number of nitro groups is 1. The molecule has 0 radical (unpaired) electrons. The number of thiophene rings is 1. The lowest BCUT2D eigenvalue weighted by atomic mass is 10.1. The molecule has 0 unspecified atom stereocenters. The minimum Gasteiger partial charge on any atom is -0.478 e. The summed E-state index contributed by atoms with van der Waals surface area (Å²) >= 11 is 4.35. The monoisotopic (exact) mass is 370 g/mol. The minimum atomic E-state index is -1.29. The minimum absolute atomic E-state index is 0.123. The molecule has 7 nitrogen and oxygen atoms in total. The van der Waals surface area contributed by atoms with Crippen molar-refractivity contribution in [2.45, 2.75) is 0 Å². The van der Waals surface area contributed by atoms with Gasteiger partial charge in [-0.25, -0.2) is 4.79 Å². The van der Waals surface area contributed by atoms with E-state index < -0.39 is 16.8 Å². The summed E-state index contributed by atoms with van der Waals surface area (Å²) in [6.45, 7) is 0. The highest BCUT2D eigenvalue weighted by Gasteiger charge is 2.19. The van der Waals surface area contributed by atoms with Crippen LogP contribution in [0.15, 0.2) is 34.1 Å². The zero-order chi connectivity index (χ0) is 15.6. The van der Waals surface area contributed by atoms with Gasteiger partial charge in [0.05, 0.1) is 16.2 Å². The first-order valence-corrected chi connectivity index (χ1v) is 7.13. The summed E-state index contributed by atoms with van der Waals surface area (Å²) in [5.41, 5.74) is -0.649. The Morgan fingerprint density at radius 1 is 1.33 bits per heavy atom. The Morgan fingerprint density at radius 3 is 2.57 bits per heavy atom. The number of nitrogens with one attached hydrogen (secondary N) is 1. The maximum Gasteiger partial charge on any atom is 0.337 e. The molecule has 0 fully saturated rings. The number of nitrogens with zero attached hydrogens (tertiary/aromatic N) is 1. The number of nitro benzene ring substituents is 1. The van der Waals surface area contributed by atoms with Crippen molar-refractivity contribution in [2.24, 2.45) is 0 Å². The van der Waals surface area contributed by atoms with Crippen LogP contribution in [0.5, 0.6) is 0 Å². The zero-order valence-electron chi connectivity index (χ0n) is 10.2. The largest absolute Gasteiger partial charge is 0.478 e. The second-order valence-corrected chi connectivity index (χ2v) is 5.61. The van der Waals surface area contributed by atoms with E-state index in [9.17, 15) is 19.7 Å². The number of hydrogen-bond donors (Lipinski definition) is 2. The molecule has 21 heavy (non-hydrogen) atoms. The van der Waals surface area contributed by atoms with Gasteiger partial charge in [0.25, 0.3) is 11.6 Å². The highest BCUT2D eigenvalue weighted by atomic mass is 79.9. The van der Waals surface area contributed by atoms with Crippen molar-refractivity contribution in [1.29, 1.82) is 0 Å². The number of amides is 1. The van der Waals surface area contributed by atoms with Gasteiger partial charge in [0.1, 0.15) is 4.88 Å². The second-order valence-electron chi connectivity index (χ2n) is 3.84. The van der Waals surface area contributed by atoms with Gasteiger partial charge in [0, 0.05) is 16.6 Å². The average molecular weight is 371 g/mol. The zero-order valence-corrected chi connectivity index (χ0v) is 12.6.